The Kier molecular flexibility index (Phi) is 4.18. The summed E-state index contributed by atoms with van der Waals surface area (Å²) in [5.74, 6) is -0.300. The highest BCUT2D eigenvalue weighted by molar-refractivity contribution is 7.09. The number of anilines is 1. The van der Waals surface area contributed by atoms with Crippen molar-refractivity contribution in [2.24, 2.45) is 0 Å². The van der Waals surface area contributed by atoms with Crippen molar-refractivity contribution in [1.82, 2.24) is 9.88 Å². The average molecular weight is 306 g/mol. The van der Waals surface area contributed by atoms with E-state index in [0.717, 1.165) is 10.6 Å². The topological polar surface area (TPSA) is 102 Å². The number of carbonyl (C=O) groups excluding carboxylic acids is 1. The molecular formula is C13H14N4O3S. The lowest BCUT2D eigenvalue weighted by molar-refractivity contribution is -0.383. The number of hydrogen-bond donors (Lipinski definition) is 1. The number of rotatable bonds is 4. The van der Waals surface area contributed by atoms with Gasteiger partial charge in [0.05, 0.1) is 22.7 Å². The predicted octanol–water partition coefficient (Wildman–Crippen LogP) is 2.21. The van der Waals surface area contributed by atoms with Gasteiger partial charge in [-0.1, -0.05) is 0 Å². The number of thiazole rings is 1. The van der Waals surface area contributed by atoms with Gasteiger partial charge >= 0.3 is 0 Å². The Bertz CT molecular complexity index is 698. The molecule has 1 heterocycles. The summed E-state index contributed by atoms with van der Waals surface area (Å²) in [7, 11) is 1.64. The lowest BCUT2D eigenvalue weighted by Gasteiger charge is -2.16. The van der Waals surface area contributed by atoms with Gasteiger partial charge in [-0.05, 0) is 19.1 Å². The van der Waals surface area contributed by atoms with E-state index in [1.54, 1.807) is 12.6 Å². The highest BCUT2D eigenvalue weighted by Gasteiger charge is 2.19. The van der Waals surface area contributed by atoms with Crippen molar-refractivity contribution in [2.45, 2.75) is 13.5 Å². The molecule has 1 amide bonds. The number of amides is 1. The van der Waals surface area contributed by atoms with E-state index < -0.39 is 4.92 Å². The minimum Gasteiger partial charge on any atom is -0.393 e. The molecule has 0 spiro atoms. The molecule has 110 valence electrons. The van der Waals surface area contributed by atoms with Crippen molar-refractivity contribution in [3.05, 3.63) is 50.0 Å². The van der Waals surface area contributed by atoms with E-state index in [2.05, 4.69) is 4.98 Å². The fourth-order valence-corrected chi connectivity index (χ4v) is 2.65. The Labute approximate surface area is 125 Å². The van der Waals surface area contributed by atoms with Crippen LogP contribution in [0.4, 0.5) is 11.4 Å². The van der Waals surface area contributed by atoms with Crippen molar-refractivity contribution in [1.29, 1.82) is 0 Å². The maximum Gasteiger partial charge on any atom is 0.292 e. The Morgan fingerprint density at radius 2 is 2.24 bits per heavy atom. The van der Waals surface area contributed by atoms with Crippen molar-refractivity contribution < 1.29 is 9.72 Å². The molecule has 0 atom stereocenters. The molecule has 2 N–H and O–H groups in total. The Morgan fingerprint density at radius 1 is 1.52 bits per heavy atom. The number of nitro benzene ring substituents is 1. The average Bonchev–Trinajstić information content (AvgIpc) is 2.83. The zero-order valence-electron chi connectivity index (χ0n) is 11.6. The second-order valence-electron chi connectivity index (χ2n) is 4.55. The van der Waals surface area contributed by atoms with Gasteiger partial charge < -0.3 is 10.6 Å². The first-order valence-electron chi connectivity index (χ1n) is 6.08. The number of nitrogen functional groups attached to an aromatic ring is 1. The minimum absolute atomic E-state index is 0.0394. The number of nitrogens with zero attached hydrogens (tertiary/aromatic N) is 3. The molecule has 0 aliphatic rings. The van der Waals surface area contributed by atoms with E-state index in [9.17, 15) is 14.9 Å². The second kappa shape index (κ2) is 5.88. The molecule has 0 saturated carbocycles. The van der Waals surface area contributed by atoms with E-state index in [-0.39, 0.29) is 22.8 Å². The first kappa shape index (κ1) is 14.9. The normalized spacial score (nSPS) is 10.4. The summed E-state index contributed by atoms with van der Waals surface area (Å²) in [6.45, 7) is 2.28. The molecule has 0 saturated heterocycles. The third-order valence-corrected chi connectivity index (χ3v) is 3.97. The van der Waals surface area contributed by atoms with Gasteiger partial charge in [-0.25, -0.2) is 4.98 Å². The molecule has 0 unspecified atom stereocenters. The first-order chi connectivity index (χ1) is 9.90. The molecular weight excluding hydrogens is 292 g/mol. The smallest absolute Gasteiger partial charge is 0.292 e. The third-order valence-electron chi connectivity index (χ3n) is 3.05. The van der Waals surface area contributed by atoms with Gasteiger partial charge in [0.2, 0.25) is 0 Å². The highest BCUT2D eigenvalue weighted by Crippen LogP contribution is 2.23. The molecule has 2 rings (SSSR count). The van der Waals surface area contributed by atoms with E-state index in [4.69, 9.17) is 5.73 Å². The summed E-state index contributed by atoms with van der Waals surface area (Å²) >= 11 is 1.47. The zero-order valence-corrected chi connectivity index (χ0v) is 12.4. The minimum atomic E-state index is -0.598. The standard InChI is InChI=1S/C13H14N4O3S/c1-8-12(21-7-15-8)6-16(2)13(18)9-3-4-10(14)11(5-9)17(19)20/h3-5,7H,6,14H2,1-2H3. The lowest BCUT2D eigenvalue weighted by Crippen LogP contribution is -2.26. The molecule has 7 nitrogen and oxygen atoms in total. The van der Waals surface area contributed by atoms with Crippen LogP contribution in [0.2, 0.25) is 0 Å². The maximum atomic E-state index is 12.3. The first-order valence-corrected chi connectivity index (χ1v) is 6.96. The molecule has 0 aliphatic heterocycles. The number of nitrogens with two attached hydrogens (primary N) is 1. The van der Waals surface area contributed by atoms with Crippen LogP contribution in [0.15, 0.2) is 23.7 Å². The summed E-state index contributed by atoms with van der Waals surface area (Å²) in [5, 5.41) is 10.9. The number of nitro groups is 1. The summed E-state index contributed by atoms with van der Waals surface area (Å²) in [5.41, 5.74) is 8.14. The van der Waals surface area contributed by atoms with Crippen LogP contribution in [0.3, 0.4) is 0 Å². The Hall–Kier alpha value is -2.48. The molecule has 0 fully saturated rings. The summed E-state index contributed by atoms with van der Waals surface area (Å²) < 4.78 is 0. The Balaban J connectivity index is 2.21. The van der Waals surface area contributed by atoms with Gasteiger partial charge in [0.25, 0.3) is 11.6 Å². The fourth-order valence-electron chi connectivity index (χ4n) is 1.82. The number of aryl methyl sites for hydroxylation is 1. The van der Waals surface area contributed by atoms with Crippen molar-refractivity contribution in [3.8, 4) is 0 Å². The zero-order chi connectivity index (χ0) is 15.6. The van der Waals surface area contributed by atoms with Gasteiger partial charge in [0, 0.05) is 23.6 Å². The number of carbonyl (C=O) groups is 1. The monoisotopic (exact) mass is 306 g/mol. The van der Waals surface area contributed by atoms with Crippen LogP contribution in [-0.2, 0) is 6.54 Å². The number of hydrogen-bond acceptors (Lipinski definition) is 6. The number of benzene rings is 1. The van der Waals surface area contributed by atoms with Crippen LogP contribution in [-0.4, -0.2) is 27.8 Å². The quantitative estimate of drug-likeness (QED) is 0.530. The van der Waals surface area contributed by atoms with Crippen LogP contribution in [0, 0.1) is 17.0 Å². The van der Waals surface area contributed by atoms with Gasteiger partial charge in [-0.15, -0.1) is 11.3 Å². The van der Waals surface area contributed by atoms with Crippen LogP contribution in [0.1, 0.15) is 20.9 Å². The van der Waals surface area contributed by atoms with Crippen LogP contribution in [0.5, 0.6) is 0 Å². The largest absolute Gasteiger partial charge is 0.393 e. The Morgan fingerprint density at radius 3 is 2.81 bits per heavy atom. The molecule has 0 radical (unpaired) electrons. The molecule has 8 heteroatoms. The molecule has 21 heavy (non-hydrogen) atoms. The van der Waals surface area contributed by atoms with Crippen molar-refractivity contribution >= 4 is 28.6 Å². The van der Waals surface area contributed by atoms with Gasteiger partial charge in [0.15, 0.2) is 0 Å². The third kappa shape index (κ3) is 3.16. The van der Waals surface area contributed by atoms with E-state index in [0.29, 0.717) is 6.54 Å². The molecule has 0 bridgehead atoms. The molecule has 1 aromatic heterocycles. The van der Waals surface area contributed by atoms with Crippen LogP contribution < -0.4 is 5.73 Å². The summed E-state index contributed by atoms with van der Waals surface area (Å²) in [6, 6.07) is 4.06. The van der Waals surface area contributed by atoms with Crippen molar-refractivity contribution in [2.75, 3.05) is 12.8 Å². The van der Waals surface area contributed by atoms with Crippen LogP contribution >= 0.6 is 11.3 Å². The van der Waals surface area contributed by atoms with Crippen molar-refractivity contribution in [3.63, 3.8) is 0 Å². The van der Waals surface area contributed by atoms with Gasteiger partial charge in [0.1, 0.15) is 5.69 Å². The highest BCUT2D eigenvalue weighted by atomic mass is 32.1. The van der Waals surface area contributed by atoms with E-state index >= 15 is 0 Å². The maximum absolute atomic E-state index is 12.3. The second-order valence-corrected chi connectivity index (χ2v) is 5.49. The van der Waals surface area contributed by atoms with E-state index in [1.807, 2.05) is 6.92 Å². The summed E-state index contributed by atoms with van der Waals surface area (Å²) in [4.78, 5) is 29.2. The lowest BCUT2D eigenvalue weighted by atomic mass is 10.1. The van der Waals surface area contributed by atoms with Crippen LogP contribution in [0.25, 0.3) is 0 Å². The molecule has 0 aliphatic carbocycles. The number of aromatic nitrogens is 1. The van der Waals surface area contributed by atoms with Gasteiger partial charge in [-0.3, -0.25) is 14.9 Å². The SMILES string of the molecule is Cc1ncsc1CN(C)C(=O)c1ccc(N)c([N+](=O)[O-])c1. The molecule has 1 aromatic carbocycles. The summed E-state index contributed by atoms with van der Waals surface area (Å²) in [6.07, 6.45) is 0. The predicted molar refractivity (Wildman–Crippen MR) is 80.2 cm³/mol. The fraction of sp³-hybridized carbons (Fsp3) is 0.231. The molecule has 2 aromatic rings. The van der Waals surface area contributed by atoms with E-state index in [1.165, 1.54) is 34.4 Å². The van der Waals surface area contributed by atoms with Gasteiger partial charge in [-0.2, -0.15) is 0 Å².